The number of alkyl halides is 1. The van der Waals surface area contributed by atoms with Gasteiger partial charge >= 0.3 is 0 Å². The first kappa shape index (κ1) is 25.7. The fourth-order valence-corrected chi connectivity index (χ4v) is 8.99. The number of allylic oxidation sites excluding steroid dienone is 1. The van der Waals surface area contributed by atoms with E-state index >= 15 is 0 Å². The zero-order valence-electron chi connectivity index (χ0n) is 21.6. The van der Waals surface area contributed by atoms with E-state index in [1.54, 1.807) is 0 Å². The first-order valence-electron chi connectivity index (χ1n) is 14.3. The molecule has 4 unspecified atom stereocenters. The molecular formula is C30H49ClO2. The van der Waals surface area contributed by atoms with E-state index in [1.165, 1.54) is 69.8 Å². The first-order chi connectivity index (χ1) is 15.7. The Morgan fingerprint density at radius 3 is 2.24 bits per heavy atom. The lowest BCUT2D eigenvalue weighted by molar-refractivity contribution is -0.135. The number of hydrogen-bond donors (Lipinski definition) is 1. The summed E-state index contributed by atoms with van der Waals surface area (Å²) < 4.78 is 0. The Kier molecular flexibility index (Phi) is 8.06. The van der Waals surface area contributed by atoms with Crippen molar-refractivity contribution in [3.63, 3.8) is 0 Å². The highest BCUT2D eigenvalue weighted by atomic mass is 35.5. The third-order valence-corrected chi connectivity index (χ3v) is 11.4. The summed E-state index contributed by atoms with van der Waals surface area (Å²) in [5.74, 6) is 3.93. The molecule has 4 aliphatic rings. The normalized spacial score (nSPS) is 42.5. The van der Waals surface area contributed by atoms with Gasteiger partial charge in [0.15, 0.2) is 5.78 Å². The van der Waals surface area contributed by atoms with E-state index in [-0.39, 0.29) is 10.8 Å². The van der Waals surface area contributed by atoms with Crippen molar-refractivity contribution in [2.45, 2.75) is 129 Å². The van der Waals surface area contributed by atoms with Crippen LogP contribution in [-0.2, 0) is 4.79 Å². The van der Waals surface area contributed by atoms with Gasteiger partial charge in [-0.25, -0.2) is 0 Å². The highest BCUT2D eigenvalue weighted by Crippen LogP contribution is 2.69. The average molecular weight is 477 g/mol. The van der Waals surface area contributed by atoms with Gasteiger partial charge in [0.25, 0.3) is 0 Å². The Morgan fingerprint density at radius 2 is 1.55 bits per heavy atom. The van der Waals surface area contributed by atoms with Gasteiger partial charge in [-0.2, -0.15) is 0 Å². The Morgan fingerprint density at radius 1 is 0.909 bits per heavy atom. The standard InChI is InChI=1S/C30H49ClO2/c1-28-16-13-24(32)21-23(28)20-22(12-10-8-6-4-5-7-9-11-19-31)27-25(28)14-17-29(2)26(27)15-18-30(29,3)33/h21-22,25-27,33H,4-20H2,1-3H3/t22?,25?,26?,27?,28-,29-,30-/m0/s1. The molecule has 33 heavy (non-hydrogen) atoms. The van der Waals surface area contributed by atoms with Crippen molar-refractivity contribution in [3.8, 4) is 0 Å². The topological polar surface area (TPSA) is 37.3 Å². The van der Waals surface area contributed by atoms with Gasteiger partial charge in [-0.3, -0.25) is 4.79 Å². The van der Waals surface area contributed by atoms with Gasteiger partial charge < -0.3 is 5.11 Å². The molecule has 7 atom stereocenters. The molecule has 0 spiro atoms. The van der Waals surface area contributed by atoms with Gasteiger partial charge in [0.2, 0.25) is 0 Å². The number of unbranched alkanes of at least 4 members (excludes halogenated alkanes) is 7. The fourth-order valence-electron chi connectivity index (χ4n) is 8.81. The maximum atomic E-state index is 12.4. The molecular weight excluding hydrogens is 428 g/mol. The van der Waals surface area contributed by atoms with E-state index < -0.39 is 5.60 Å². The van der Waals surface area contributed by atoms with Crippen LogP contribution in [-0.4, -0.2) is 22.4 Å². The second-order valence-corrected chi connectivity index (χ2v) is 13.3. The van der Waals surface area contributed by atoms with Gasteiger partial charge in [-0.15, -0.1) is 11.6 Å². The zero-order chi connectivity index (χ0) is 23.7. The van der Waals surface area contributed by atoms with Crippen LogP contribution in [0.2, 0.25) is 0 Å². The SMILES string of the molecule is C[C@]12CCC(=O)C=C1CC(CCCCCCCCCCCl)C1C2CC[C@@]2(C)C1CC[C@]2(C)O. The van der Waals surface area contributed by atoms with Gasteiger partial charge in [-0.05, 0) is 98.9 Å². The van der Waals surface area contributed by atoms with Gasteiger partial charge in [0.1, 0.15) is 0 Å². The molecule has 0 bridgehead atoms. The van der Waals surface area contributed by atoms with Crippen LogP contribution in [0.4, 0.5) is 0 Å². The molecule has 188 valence electrons. The van der Waals surface area contributed by atoms with E-state index in [9.17, 15) is 9.90 Å². The molecule has 3 heteroatoms. The predicted octanol–water partition coefficient (Wildman–Crippen LogP) is 8.25. The molecule has 0 aromatic rings. The van der Waals surface area contributed by atoms with Crippen molar-refractivity contribution in [3.05, 3.63) is 11.6 Å². The molecule has 4 aliphatic carbocycles. The lowest BCUT2D eigenvalue weighted by atomic mass is 9.44. The van der Waals surface area contributed by atoms with E-state index in [0.717, 1.165) is 50.3 Å². The Balaban J connectivity index is 1.43. The predicted molar refractivity (Wildman–Crippen MR) is 138 cm³/mol. The Hall–Kier alpha value is -0.340. The maximum absolute atomic E-state index is 12.4. The molecule has 0 heterocycles. The fraction of sp³-hybridized carbons (Fsp3) is 0.900. The van der Waals surface area contributed by atoms with Gasteiger partial charge in [0.05, 0.1) is 5.60 Å². The number of halogens is 1. The van der Waals surface area contributed by atoms with Crippen molar-refractivity contribution in [1.29, 1.82) is 0 Å². The quantitative estimate of drug-likeness (QED) is 0.254. The van der Waals surface area contributed by atoms with Crippen LogP contribution in [0.5, 0.6) is 0 Å². The van der Waals surface area contributed by atoms with E-state index in [4.69, 9.17) is 11.6 Å². The molecule has 0 aliphatic heterocycles. The summed E-state index contributed by atoms with van der Waals surface area (Å²) in [7, 11) is 0. The van der Waals surface area contributed by atoms with Crippen LogP contribution in [0.3, 0.4) is 0 Å². The summed E-state index contributed by atoms with van der Waals surface area (Å²) >= 11 is 5.79. The second-order valence-electron chi connectivity index (χ2n) is 12.9. The number of rotatable bonds is 10. The summed E-state index contributed by atoms with van der Waals surface area (Å²) in [6.07, 6.45) is 21.4. The maximum Gasteiger partial charge on any atom is 0.155 e. The molecule has 2 nitrogen and oxygen atoms in total. The van der Waals surface area contributed by atoms with Crippen molar-refractivity contribution in [2.24, 2.45) is 34.5 Å². The van der Waals surface area contributed by atoms with Crippen molar-refractivity contribution < 1.29 is 9.90 Å². The van der Waals surface area contributed by atoms with Gasteiger partial charge in [0, 0.05) is 12.3 Å². The molecule has 4 rings (SSSR count). The number of ketones is 1. The Labute approximate surface area is 208 Å². The van der Waals surface area contributed by atoms with E-state index in [1.807, 2.05) is 0 Å². The van der Waals surface area contributed by atoms with Gasteiger partial charge in [-0.1, -0.05) is 64.4 Å². The number of carbonyl (C=O) groups excluding carboxylic acids is 1. The minimum atomic E-state index is -0.518. The van der Waals surface area contributed by atoms with Crippen LogP contribution in [0.1, 0.15) is 124 Å². The smallest absolute Gasteiger partial charge is 0.155 e. The van der Waals surface area contributed by atoms with Crippen LogP contribution in [0.15, 0.2) is 11.6 Å². The van der Waals surface area contributed by atoms with Crippen LogP contribution in [0, 0.1) is 34.5 Å². The molecule has 0 amide bonds. The van der Waals surface area contributed by atoms with E-state index in [2.05, 4.69) is 26.8 Å². The van der Waals surface area contributed by atoms with Crippen LogP contribution < -0.4 is 0 Å². The Bertz CT molecular complexity index is 727. The first-order valence-corrected chi connectivity index (χ1v) is 14.8. The number of hydrogen-bond acceptors (Lipinski definition) is 2. The minimum absolute atomic E-state index is 0.0670. The lowest BCUT2D eigenvalue weighted by Gasteiger charge is -2.61. The van der Waals surface area contributed by atoms with Crippen LogP contribution >= 0.6 is 11.6 Å². The highest BCUT2D eigenvalue weighted by Gasteiger charge is 2.64. The number of fused-ring (bicyclic) bond motifs is 5. The molecule has 0 radical (unpaired) electrons. The summed E-state index contributed by atoms with van der Waals surface area (Å²) in [6.45, 7) is 7.00. The molecule has 3 saturated carbocycles. The zero-order valence-corrected chi connectivity index (χ0v) is 22.4. The third-order valence-electron chi connectivity index (χ3n) is 11.2. The molecule has 0 aromatic carbocycles. The van der Waals surface area contributed by atoms with Crippen molar-refractivity contribution >= 4 is 17.4 Å². The van der Waals surface area contributed by atoms with Crippen molar-refractivity contribution in [1.82, 2.24) is 0 Å². The third kappa shape index (κ3) is 4.87. The summed E-state index contributed by atoms with van der Waals surface area (Å²) in [4.78, 5) is 12.4. The second kappa shape index (κ2) is 10.3. The molecule has 0 aromatic heterocycles. The molecule has 1 N–H and O–H groups in total. The van der Waals surface area contributed by atoms with E-state index in [0.29, 0.717) is 23.5 Å². The largest absolute Gasteiger partial charge is 0.390 e. The summed E-state index contributed by atoms with van der Waals surface area (Å²) in [6, 6.07) is 0. The number of aliphatic hydroxyl groups is 1. The molecule has 3 fully saturated rings. The molecule has 0 saturated heterocycles. The number of carbonyl (C=O) groups is 1. The monoisotopic (exact) mass is 476 g/mol. The minimum Gasteiger partial charge on any atom is -0.390 e. The lowest BCUT2D eigenvalue weighted by Crippen LogP contribution is -2.56. The summed E-state index contributed by atoms with van der Waals surface area (Å²) in [5, 5.41) is 11.3. The summed E-state index contributed by atoms with van der Waals surface area (Å²) in [5.41, 5.74) is 1.25. The average Bonchev–Trinajstić information content (AvgIpc) is 3.02. The highest BCUT2D eigenvalue weighted by molar-refractivity contribution is 6.17. The van der Waals surface area contributed by atoms with Crippen LogP contribution in [0.25, 0.3) is 0 Å². The van der Waals surface area contributed by atoms with Crippen molar-refractivity contribution in [2.75, 3.05) is 5.88 Å².